The molecule has 0 heterocycles. The molecular weight excluding hydrogens is 252 g/mol. The van der Waals surface area contributed by atoms with E-state index < -0.39 is 4.92 Å². The number of ether oxygens (including phenoxy) is 2. The van der Waals surface area contributed by atoms with Crippen LogP contribution >= 0.6 is 0 Å². The Bertz CT molecular complexity index is 461. The SMILES string of the molecule is CCOC(=O)CNc1ccc([N+](=O)[O-])c(OCC)c1. The third kappa shape index (κ3) is 4.46. The van der Waals surface area contributed by atoms with E-state index in [9.17, 15) is 14.9 Å². The molecule has 0 unspecified atom stereocenters. The van der Waals surface area contributed by atoms with E-state index in [4.69, 9.17) is 9.47 Å². The second-order valence-electron chi connectivity index (χ2n) is 3.53. The number of carbonyl (C=O) groups excluding carboxylic acids is 1. The maximum atomic E-state index is 11.2. The molecule has 0 aliphatic heterocycles. The number of rotatable bonds is 7. The Hall–Kier alpha value is -2.31. The summed E-state index contributed by atoms with van der Waals surface area (Å²) in [6.07, 6.45) is 0. The van der Waals surface area contributed by atoms with Crippen LogP contribution in [0.3, 0.4) is 0 Å². The minimum Gasteiger partial charge on any atom is -0.487 e. The van der Waals surface area contributed by atoms with Gasteiger partial charge in [0.05, 0.1) is 18.1 Å². The normalized spacial score (nSPS) is 9.79. The van der Waals surface area contributed by atoms with Crippen LogP contribution in [-0.2, 0) is 9.53 Å². The third-order valence-corrected chi connectivity index (χ3v) is 2.20. The number of hydrogen-bond acceptors (Lipinski definition) is 6. The van der Waals surface area contributed by atoms with Crippen LogP contribution in [0.2, 0.25) is 0 Å². The molecule has 0 aliphatic carbocycles. The molecule has 0 fully saturated rings. The highest BCUT2D eigenvalue weighted by Gasteiger charge is 2.15. The number of esters is 1. The fourth-order valence-corrected chi connectivity index (χ4v) is 1.43. The third-order valence-electron chi connectivity index (χ3n) is 2.20. The first-order valence-corrected chi connectivity index (χ1v) is 5.89. The van der Waals surface area contributed by atoms with Crippen molar-refractivity contribution in [3.63, 3.8) is 0 Å². The smallest absolute Gasteiger partial charge is 0.325 e. The van der Waals surface area contributed by atoms with Crippen molar-refractivity contribution in [1.29, 1.82) is 0 Å². The van der Waals surface area contributed by atoms with E-state index in [-0.39, 0.29) is 24.0 Å². The molecular formula is C12H16N2O5. The molecule has 0 aliphatic rings. The van der Waals surface area contributed by atoms with Gasteiger partial charge in [0, 0.05) is 17.8 Å². The van der Waals surface area contributed by atoms with Crippen molar-refractivity contribution in [1.82, 2.24) is 0 Å². The lowest BCUT2D eigenvalue weighted by Gasteiger charge is -2.09. The Morgan fingerprint density at radius 2 is 2.11 bits per heavy atom. The molecule has 7 heteroatoms. The van der Waals surface area contributed by atoms with Crippen molar-refractivity contribution < 1.29 is 19.2 Å². The van der Waals surface area contributed by atoms with Gasteiger partial charge in [-0.25, -0.2) is 0 Å². The number of nitrogens with zero attached hydrogens (tertiary/aromatic N) is 1. The molecule has 0 bridgehead atoms. The van der Waals surface area contributed by atoms with E-state index in [2.05, 4.69) is 5.32 Å². The number of anilines is 1. The summed E-state index contributed by atoms with van der Waals surface area (Å²) in [4.78, 5) is 21.5. The van der Waals surface area contributed by atoms with Gasteiger partial charge >= 0.3 is 11.7 Å². The summed E-state index contributed by atoms with van der Waals surface area (Å²) in [5.74, 6) is -0.222. The summed E-state index contributed by atoms with van der Waals surface area (Å²) in [5, 5.41) is 13.6. The van der Waals surface area contributed by atoms with Crippen LogP contribution in [0.25, 0.3) is 0 Å². The maximum absolute atomic E-state index is 11.2. The molecule has 0 atom stereocenters. The maximum Gasteiger partial charge on any atom is 0.325 e. The predicted octanol–water partition coefficient (Wildman–Crippen LogP) is 1.97. The average Bonchev–Trinajstić information content (AvgIpc) is 2.37. The highest BCUT2D eigenvalue weighted by molar-refractivity contribution is 5.75. The average molecular weight is 268 g/mol. The van der Waals surface area contributed by atoms with Crippen LogP contribution in [0.1, 0.15) is 13.8 Å². The van der Waals surface area contributed by atoms with Crippen LogP contribution in [0.5, 0.6) is 5.75 Å². The summed E-state index contributed by atoms with van der Waals surface area (Å²) in [6.45, 7) is 4.09. The van der Waals surface area contributed by atoms with Gasteiger partial charge in [-0.1, -0.05) is 0 Å². The number of nitro groups is 1. The minimum atomic E-state index is -0.514. The number of carbonyl (C=O) groups is 1. The molecule has 0 radical (unpaired) electrons. The van der Waals surface area contributed by atoms with Gasteiger partial charge in [0.15, 0.2) is 5.75 Å². The van der Waals surface area contributed by atoms with Gasteiger partial charge < -0.3 is 14.8 Å². The van der Waals surface area contributed by atoms with Crippen molar-refractivity contribution in [3.05, 3.63) is 28.3 Å². The zero-order valence-corrected chi connectivity index (χ0v) is 10.8. The van der Waals surface area contributed by atoms with E-state index in [1.54, 1.807) is 13.8 Å². The lowest BCUT2D eigenvalue weighted by atomic mass is 10.2. The van der Waals surface area contributed by atoms with Crippen LogP contribution < -0.4 is 10.1 Å². The molecule has 0 aromatic heterocycles. The van der Waals surface area contributed by atoms with Gasteiger partial charge in [0.1, 0.15) is 6.54 Å². The van der Waals surface area contributed by atoms with E-state index >= 15 is 0 Å². The first-order chi connectivity index (χ1) is 9.08. The molecule has 7 nitrogen and oxygen atoms in total. The lowest BCUT2D eigenvalue weighted by Crippen LogP contribution is -2.16. The Labute approximate surface area is 110 Å². The highest BCUT2D eigenvalue weighted by atomic mass is 16.6. The van der Waals surface area contributed by atoms with Crippen LogP contribution in [0.15, 0.2) is 18.2 Å². The minimum absolute atomic E-state index is 0.00276. The first-order valence-electron chi connectivity index (χ1n) is 5.89. The van der Waals surface area contributed by atoms with E-state index in [0.29, 0.717) is 18.9 Å². The Kier molecular flexibility index (Phi) is 5.59. The fourth-order valence-electron chi connectivity index (χ4n) is 1.43. The molecule has 104 valence electrons. The van der Waals surface area contributed by atoms with Gasteiger partial charge in [-0.2, -0.15) is 0 Å². The number of hydrogen-bond donors (Lipinski definition) is 1. The number of benzene rings is 1. The van der Waals surface area contributed by atoms with Gasteiger partial charge in [0.25, 0.3) is 0 Å². The second-order valence-corrected chi connectivity index (χ2v) is 3.53. The molecule has 1 rings (SSSR count). The molecule has 0 amide bonds. The van der Waals surface area contributed by atoms with Gasteiger partial charge in [-0.05, 0) is 19.9 Å². The van der Waals surface area contributed by atoms with Gasteiger partial charge in [0.2, 0.25) is 0 Å². The van der Waals surface area contributed by atoms with Crippen molar-refractivity contribution in [2.75, 3.05) is 25.1 Å². The molecule has 0 saturated carbocycles. The predicted molar refractivity (Wildman–Crippen MR) is 69.4 cm³/mol. The summed E-state index contributed by atoms with van der Waals surface area (Å²) in [7, 11) is 0. The fraction of sp³-hybridized carbons (Fsp3) is 0.417. The number of nitro benzene ring substituents is 1. The topological polar surface area (TPSA) is 90.7 Å². The second kappa shape index (κ2) is 7.20. The van der Waals surface area contributed by atoms with Crippen LogP contribution in [0, 0.1) is 10.1 Å². The number of nitrogens with one attached hydrogen (secondary N) is 1. The van der Waals surface area contributed by atoms with Crippen molar-refractivity contribution in [2.45, 2.75) is 13.8 Å². The molecule has 0 saturated heterocycles. The van der Waals surface area contributed by atoms with Gasteiger partial charge in [-0.15, -0.1) is 0 Å². The Morgan fingerprint density at radius 3 is 2.68 bits per heavy atom. The standard InChI is InChI=1S/C12H16N2O5/c1-3-18-11-7-9(5-6-10(11)14(16)17)13-8-12(15)19-4-2/h5-7,13H,3-4,8H2,1-2H3. The Balaban J connectivity index is 2.77. The molecule has 0 spiro atoms. The monoisotopic (exact) mass is 268 g/mol. The summed E-state index contributed by atoms with van der Waals surface area (Å²) < 4.78 is 9.96. The van der Waals surface area contributed by atoms with Crippen molar-refractivity contribution in [2.24, 2.45) is 0 Å². The van der Waals surface area contributed by atoms with E-state index in [0.717, 1.165) is 0 Å². The summed E-state index contributed by atoms with van der Waals surface area (Å²) in [6, 6.07) is 4.33. The lowest BCUT2D eigenvalue weighted by molar-refractivity contribution is -0.385. The largest absolute Gasteiger partial charge is 0.487 e. The van der Waals surface area contributed by atoms with E-state index in [1.807, 2.05) is 0 Å². The summed E-state index contributed by atoms with van der Waals surface area (Å²) in [5.41, 5.74) is 0.450. The first kappa shape index (κ1) is 14.7. The molecule has 19 heavy (non-hydrogen) atoms. The zero-order chi connectivity index (χ0) is 14.3. The molecule has 1 aromatic carbocycles. The van der Waals surface area contributed by atoms with E-state index in [1.165, 1.54) is 18.2 Å². The van der Waals surface area contributed by atoms with Crippen LogP contribution in [-0.4, -0.2) is 30.7 Å². The molecule has 1 N–H and O–H groups in total. The summed E-state index contributed by atoms with van der Waals surface area (Å²) >= 11 is 0. The van der Waals surface area contributed by atoms with Crippen molar-refractivity contribution >= 4 is 17.3 Å². The zero-order valence-electron chi connectivity index (χ0n) is 10.8. The quantitative estimate of drug-likeness (QED) is 0.462. The Morgan fingerprint density at radius 1 is 1.37 bits per heavy atom. The molecule has 1 aromatic rings. The van der Waals surface area contributed by atoms with Crippen molar-refractivity contribution in [3.8, 4) is 5.75 Å². The van der Waals surface area contributed by atoms with Crippen LogP contribution in [0.4, 0.5) is 11.4 Å². The highest BCUT2D eigenvalue weighted by Crippen LogP contribution is 2.29. The van der Waals surface area contributed by atoms with Gasteiger partial charge in [-0.3, -0.25) is 14.9 Å².